The standard InChI is InChI=1S/C19H18FNO4S3/c1-14-12-16(9-10-17(14)20)28(24,25)21-13-19(18-8-5-11-26-18)27(22,23)15-6-3-2-4-7-15/h2-12,19,21H,13H2,1H3/t19-/m1/s1. The molecule has 1 atom stereocenters. The van der Waals surface area contributed by atoms with Crippen LogP contribution in [0.5, 0.6) is 0 Å². The minimum Gasteiger partial charge on any atom is -0.223 e. The van der Waals surface area contributed by atoms with E-state index in [2.05, 4.69) is 4.72 Å². The fraction of sp³-hybridized carbons (Fsp3) is 0.158. The van der Waals surface area contributed by atoms with Crippen molar-refractivity contribution in [3.05, 3.63) is 82.3 Å². The molecule has 0 radical (unpaired) electrons. The molecule has 1 N–H and O–H groups in total. The number of nitrogens with one attached hydrogen (secondary N) is 1. The third-order valence-electron chi connectivity index (χ3n) is 4.21. The second-order valence-corrected chi connectivity index (χ2v) is 11.0. The van der Waals surface area contributed by atoms with Gasteiger partial charge in [0.25, 0.3) is 0 Å². The van der Waals surface area contributed by atoms with Crippen LogP contribution in [-0.2, 0) is 19.9 Å². The Labute approximate surface area is 167 Å². The Kier molecular flexibility index (Phi) is 5.99. The number of aryl methyl sites for hydroxylation is 1. The zero-order valence-corrected chi connectivity index (χ0v) is 17.3. The van der Waals surface area contributed by atoms with Gasteiger partial charge in [0, 0.05) is 11.4 Å². The topological polar surface area (TPSA) is 80.3 Å². The van der Waals surface area contributed by atoms with Crippen molar-refractivity contribution in [1.29, 1.82) is 0 Å². The Balaban J connectivity index is 1.92. The normalized spacial score (nSPS) is 13.4. The fourth-order valence-corrected chi connectivity index (χ4v) is 6.71. The molecule has 0 saturated heterocycles. The van der Waals surface area contributed by atoms with Crippen molar-refractivity contribution < 1.29 is 21.2 Å². The van der Waals surface area contributed by atoms with E-state index < -0.39 is 30.9 Å². The summed E-state index contributed by atoms with van der Waals surface area (Å²) in [6.07, 6.45) is 0. The maximum atomic E-state index is 13.4. The highest BCUT2D eigenvalue weighted by atomic mass is 32.2. The SMILES string of the molecule is Cc1cc(S(=O)(=O)NC[C@H](c2cccs2)S(=O)(=O)c2ccccc2)ccc1F. The molecule has 28 heavy (non-hydrogen) atoms. The molecule has 2 aromatic carbocycles. The molecule has 0 aliphatic carbocycles. The van der Waals surface area contributed by atoms with Crippen molar-refractivity contribution in [3.8, 4) is 0 Å². The zero-order valence-electron chi connectivity index (χ0n) is 14.9. The van der Waals surface area contributed by atoms with Gasteiger partial charge in [-0.05, 0) is 54.3 Å². The Hall–Kier alpha value is -2.07. The van der Waals surface area contributed by atoms with Crippen molar-refractivity contribution >= 4 is 31.2 Å². The molecular weight excluding hydrogens is 421 g/mol. The van der Waals surface area contributed by atoms with Crippen LogP contribution in [0.15, 0.2) is 75.8 Å². The number of thiophene rings is 1. The van der Waals surface area contributed by atoms with Crippen LogP contribution in [-0.4, -0.2) is 23.4 Å². The summed E-state index contributed by atoms with van der Waals surface area (Å²) in [5.41, 5.74) is 0.189. The lowest BCUT2D eigenvalue weighted by atomic mass is 10.2. The first-order valence-electron chi connectivity index (χ1n) is 8.30. The van der Waals surface area contributed by atoms with Gasteiger partial charge in [0.05, 0.1) is 9.79 Å². The van der Waals surface area contributed by atoms with Gasteiger partial charge in [-0.15, -0.1) is 11.3 Å². The Morgan fingerprint density at radius 3 is 2.29 bits per heavy atom. The lowest BCUT2D eigenvalue weighted by Crippen LogP contribution is -2.31. The number of sulfone groups is 1. The first-order chi connectivity index (χ1) is 13.2. The number of halogens is 1. The Morgan fingerprint density at radius 1 is 0.964 bits per heavy atom. The molecular formula is C19H18FNO4S3. The van der Waals surface area contributed by atoms with Crippen LogP contribution in [0.4, 0.5) is 4.39 Å². The second-order valence-electron chi connectivity index (χ2n) is 6.13. The Bertz CT molecular complexity index is 1160. The lowest BCUT2D eigenvalue weighted by molar-refractivity contribution is 0.569. The van der Waals surface area contributed by atoms with Gasteiger partial charge in [0.2, 0.25) is 10.0 Å². The van der Waals surface area contributed by atoms with Gasteiger partial charge in [-0.3, -0.25) is 0 Å². The van der Waals surface area contributed by atoms with Gasteiger partial charge >= 0.3 is 0 Å². The van der Waals surface area contributed by atoms with Crippen LogP contribution in [0.25, 0.3) is 0 Å². The van der Waals surface area contributed by atoms with Gasteiger partial charge < -0.3 is 0 Å². The van der Waals surface area contributed by atoms with Crippen LogP contribution in [0.1, 0.15) is 15.7 Å². The van der Waals surface area contributed by atoms with Gasteiger partial charge in [0.15, 0.2) is 9.84 Å². The summed E-state index contributed by atoms with van der Waals surface area (Å²) in [4.78, 5) is 0.528. The zero-order chi connectivity index (χ0) is 20.4. The molecule has 5 nitrogen and oxygen atoms in total. The molecule has 0 unspecified atom stereocenters. The number of hydrogen-bond donors (Lipinski definition) is 1. The number of sulfonamides is 1. The second kappa shape index (κ2) is 8.12. The van der Waals surface area contributed by atoms with E-state index in [1.165, 1.54) is 36.5 Å². The molecule has 0 bridgehead atoms. The minimum atomic E-state index is -4.00. The first-order valence-corrected chi connectivity index (χ1v) is 12.2. The summed E-state index contributed by atoms with van der Waals surface area (Å²) in [5.74, 6) is -0.512. The van der Waals surface area contributed by atoms with Gasteiger partial charge in [-0.2, -0.15) is 0 Å². The van der Waals surface area contributed by atoms with E-state index in [0.29, 0.717) is 4.88 Å². The van der Waals surface area contributed by atoms with Gasteiger partial charge in [0.1, 0.15) is 11.1 Å². The smallest absolute Gasteiger partial charge is 0.223 e. The quantitative estimate of drug-likeness (QED) is 0.609. The Morgan fingerprint density at radius 2 is 1.68 bits per heavy atom. The molecule has 3 rings (SSSR count). The molecule has 0 spiro atoms. The maximum Gasteiger partial charge on any atom is 0.240 e. The van der Waals surface area contributed by atoms with Crippen molar-refractivity contribution in [2.75, 3.05) is 6.54 Å². The van der Waals surface area contributed by atoms with Crippen molar-refractivity contribution in [2.45, 2.75) is 22.0 Å². The van der Waals surface area contributed by atoms with Crippen LogP contribution in [0, 0.1) is 12.7 Å². The average Bonchev–Trinajstić information content (AvgIpc) is 3.18. The molecule has 148 valence electrons. The van der Waals surface area contributed by atoms with Crippen LogP contribution in [0.2, 0.25) is 0 Å². The number of benzene rings is 2. The molecule has 0 amide bonds. The van der Waals surface area contributed by atoms with E-state index in [4.69, 9.17) is 0 Å². The summed E-state index contributed by atoms with van der Waals surface area (Å²) in [6, 6.07) is 14.7. The first kappa shape index (κ1) is 20.7. The van der Waals surface area contributed by atoms with Crippen molar-refractivity contribution in [3.63, 3.8) is 0 Å². The summed E-state index contributed by atoms with van der Waals surface area (Å²) in [7, 11) is -7.82. The van der Waals surface area contributed by atoms with E-state index in [0.717, 1.165) is 12.1 Å². The highest BCUT2D eigenvalue weighted by molar-refractivity contribution is 7.92. The molecule has 0 aliphatic rings. The minimum absolute atomic E-state index is 0.116. The van der Waals surface area contributed by atoms with E-state index in [1.54, 1.807) is 35.7 Å². The predicted molar refractivity (Wildman–Crippen MR) is 107 cm³/mol. The van der Waals surface area contributed by atoms with Crippen molar-refractivity contribution in [2.24, 2.45) is 0 Å². The number of hydrogen-bond acceptors (Lipinski definition) is 5. The largest absolute Gasteiger partial charge is 0.240 e. The molecule has 0 saturated carbocycles. The van der Waals surface area contributed by atoms with E-state index in [1.807, 2.05) is 0 Å². The van der Waals surface area contributed by atoms with Crippen molar-refractivity contribution in [1.82, 2.24) is 4.72 Å². The van der Waals surface area contributed by atoms with Crippen LogP contribution in [0.3, 0.4) is 0 Å². The highest BCUT2D eigenvalue weighted by Crippen LogP contribution is 2.31. The van der Waals surface area contributed by atoms with Crippen LogP contribution >= 0.6 is 11.3 Å². The van der Waals surface area contributed by atoms with E-state index in [9.17, 15) is 21.2 Å². The van der Waals surface area contributed by atoms with E-state index >= 15 is 0 Å². The summed E-state index contributed by atoms with van der Waals surface area (Å²) < 4.78 is 67.2. The van der Waals surface area contributed by atoms with E-state index in [-0.39, 0.29) is 21.9 Å². The lowest BCUT2D eigenvalue weighted by Gasteiger charge is -2.17. The molecule has 3 aromatic rings. The monoisotopic (exact) mass is 439 g/mol. The number of rotatable bonds is 7. The maximum absolute atomic E-state index is 13.4. The molecule has 1 aromatic heterocycles. The van der Waals surface area contributed by atoms with Gasteiger partial charge in [-0.1, -0.05) is 24.3 Å². The molecule has 0 fully saturated rings. The third-order valence-corrected chi connectivity index (χ3v) is 8.86. The summed E-state index contributed by atoms with van der Waals surface area (Å²) >= 11 is 1.24. The third kappa shape index (κ3) is 4.33. The molecule has 0 aliphatic heterocycles. The molecule has 1 heterocycles. The fourth-order valence-electron chi connectivity index (χ4n) is 2.67. The summed E-state index contributed by atoms with van der Waals surface area (Å²) in [6.45, 7) is 1.12. The summed E-state index contributed by atoms with van der Waals surface area (Å²) in [5, 5.41) is 0.659. The van der Waals surface area contributed by atoms with Crippen LogP contribution < -0.4 is 4.72 Å². The van der Waals surface area contributed by atoms with Gasteiger partial charge in [-0.25, -0.2) is 25.9 Å². The average molecular weight is 440 g/mol. The highest BCUT2D eigenvalue weighted by Gasteiger charge is 2.31. The predicted octanol–water partition coefficient (Wildman–Crippen LogP) is 3.69. The molecule has 9 heteroatoms.